The van der Waals surface area contributed by atoms with Crippen molar-refractivity contribution in [2.45, 2.75) is 6.54 Å². The Morgan fingerprint density at radius 3 is 2.80 bits per heavy atom. The third kappa shape index (κ3) is 2.80. The van der Waals surface area contributed by atoms with Crippen LogP contribution in [0.5, 0.6) is 0 Å². The summed E-state index contributed by atoms with van der Waals surface area (Å²) in [5.41, 5.74) is 0. The summed E-state index contributed by atoms with van der Waals surface area (Å²) in [6.45, 7) is 0.786. The highest BCUT2D eigenvalue weighted by molar-refractivity contribution is 9.11. The van der Waals surface area contributed by atoms with Crippen LogP contribution in [0.2, 0.25) is 0 Å². The van der Waals surface area contributed by atoms with Crippen molar-refractivity contribution in [2.24, 2.45) is 0 Å². The number of nitrogens with one attached hydrogen (secondary N) is 1. The molecule has 5 heteroatoms. The predicted octanol–water partition coefficient (Wildman–Crippen LogP) is 4.28. The molecule has 0 amide bonds. The summed E-state index contributed by atoms with van der Waals surface area (Å²) in [5.74, 6) is 0.873. The van der Waals surface area contributed by atoms with E-state index in [1.165, 1.54) is 4.88 Å². The zero-order valence-corrected chi connectivity index (χ0v) is 11.7. The predicted molar refractivity (Wildman–Crippen MR) is 71.3 cm³/mol. The third-order valence-electron chi connectivity index (χ3n) is 1.87. The van der Waals surface area contributed by atoms with Crippen molar-refractivity contribution < 1.29 is 0 Å². The molecule has 78 valence electrons. The van der Waals surface area contributed by atoms with Gasteiger partial charge in [0.25, 0.3) is 0 Å². The Hall–Kier alpha value is -0.390. The molecule has 0 spiro atoms. The van der Waals surface area contributed by atoms with Crippen molar-refractivity contribution in [3.05, 3.63) is 43.6 Å². The van der Waals surface area contributed by atoms with E-state index < -0.39 is 0 Å². The number of pyridine rings is 1. The lowest BCUT2D eigenvalue weighted by atomic mass is 10.4. The number of hydrogen-bond acceptors (Lipinski definition) is 3. The number of halogens is 2. The molecule has 0 aliphatic heterocycles. The Bertz CT molecular complexity index is 456. The standard InChI is InChI=1S/C10H8Br2N2S/c11-7-3-5-15-9(7)6-14-10-8(12)2-1-4-13-10/h1-5H,6H2,(H,13,14). The van der Waals surface area contributed by atoms with Gasteiger partial charge in [-0.3, -0.25) is 0 Å². The Labute approximate surface area is 109 Å². The van der Waals surface area contributed by atoms with E-state index in [1.54, 1.807) is 17.5 Å². The molecule has 15 heavy (non-hydrogen) atoms. The summed E-state index contributed by atoms with van der Waals surface area (Å²) >= 11 is 8.66. The molecule has 0 aliphatic carbocycles. The largest absolute Gasteiger partial charge is 0.364 e. The molecule has 0 aromatic carbocycles. The lowest BCUT2D eigenvalue weighted by Gasteiger charge is -2.05. The summed E-state index contributed by atoms with van der Waals surface area (Å²) in [4.78, 5) is 5.51. The first-order valence-electron chi connectivity index (χ1n) is 4.33. The minimum Gasteiger partial charge on any atom is -0.364 e. The van der Waals surface area contributed by atoms with E-state index in [1.807, 2.05) is 12.1 Å². The van der Waals surface area contributed by atoms with Gasteiger partial charge in [-0.1, -0.05) is 0 Å². The first-order valence-corrected chi connectivity index (χ1v) is 6.80. The number of aromatic nitrogens is 1. The summed E-state index contributed by atoms with van der Waals surface area (Å²) in [6.07, 6.45) is 1.77. The minimum atomic E-state index is 0.786. The Kier molecular flexibility index (Phi) is 3.77. The number of rotatable bonds is 3. The molecule has 0 bridgehead atoms. The second kappa shape index (κ2) is 5.09. The fraction of sp³-hybridized carbons (Fsp3) is 0.100. The zero-order chi connectivity index (χ0) is 10.7. The fourth-order valence-corrected chi connectivity index (χ4v) is 2.96. The van der Waals surface area contributed by atoms with Crippen LogP contribution < -0.4 is 5.32 Å². The van der Waals surface area contributed by atoms with E-state index in [0.29, 0.717) is 0 Å². The van der Waals surface area contributed by atoms with Crippen LogP contribution >= 0.6 is 43.2 Å². The lowest BCUT2D eigenvalue weighted by Crippen LogP contribution is -2.00. The van der Waals surface area contributed by atoms with Crippen molar-refractivity contribution in [2.75, 3.05) is 5.32 Å². The molecule has 0 fully saturated rings. The van der Waals surface area contributed by atoms with Gasteiger partial charge in [-0.05, 0) is 55.4 Å². The van der Waals surface area contributed by atoms with Crippen molar-refractivity contribution >= 4 is 49.0 Å². The maximum atomic E-state index is 4.24. The fourth-order valence-electron chi connectivity index (χ4n) is 1.13. The average Bonchev–Trinajstić information content (AvgIpc) is 2.63. The number of nitrogens with zero attached hydrogens (tertiary/aromatic N) is 1. The van der Waals surface area contributed by atoms with Crippen LogP contribution in [0.15, 0.2) is 38.7 Å². The minimum absolute atomic E-state index is 0.786. The Morgan fingerprint density at radius 2 is 2.13 bits per heavy atom. The van der Waals surface area contributed by atoms with Crippen molar-refractivity contribution in [3.63, 3.8) is 0 Å². The Morgan fingerprint density at radius 1 is 1.27 bits per heavy atom. The second-order valence-corrected chi connectivity index (χ2v) is 5.59. The van der Waals surface area contributed by atoms with E-state index in [-0.39, 0.29) is 0 Å². The van der Waals surface area contributed by atoms with Gasteiger partial charge >= 0.3 is 0 Å². The zero-order valence-electron chi connectivity index (χ0n) is 7.71. The summed E-state index contributed by atoms with van der Waals surface area (Å²) < 4.78 is 2.13. The van der Waals surface area contributed by atoms with Gasteiger partial charge in [0.1, 0.15) is 5.82 Å². The van der Waals surface area contributed by atoms with Gasteiger partial charge in [-0.25, -0.2) is 4.98 Å². The van der Waals surface area contributed by atoms with Crippen molar-refractivity contribution in [1.29, 1.82) is 0 Å². The molecule has 2 nitrogen and oxygen atoms in total. The quantitative estimate of drug-likeness (QED) is 0.896. The summed E-state index contributed by atoms with van der Waals surface area (Å²) in [6, 6.07) is 5.92. The number of hydrogen-bond donors (Lipinski definition) is 1. The van der Waals surface area contributed by atoms with E-state index in [4.69, 9.17) is 0 Å². The first kappa shape index (κ1) is 11.1. The van der Waals surface area contributed by atoms with Gasteiger partial charge in [0.2, 0.25) is 0 Å². The van der Waals surface area contributed by atoms with Crippen molar-refractivity contribution in [1.82, 2.24) is 4.98 Å². The molecule has 0 aliphatic rings. The molecule has 2 rings (SSSR count). The van der Waals surface area contributed by atoms with E-state index >= 15 is 0 Å². The highest BCUT2D eigenvalue weighted by Gasteiger charge is 2.03. The molecule has 0 radical (unpaired) electrons. The molecule has 0 saturated heterocycles. The first-order chi connectivity index (χ1) is 7.27. The van der Waals surface area contributed by atoms with Crippen LogP contribution in [-0.4, -0.2) is 4.98 Å². The average molecular weight is 348 g/mol. The molecule has 2 aromatic heterocycles. The molecular formula is C10H8Br2N2S. The van der Waals surface area contributed by atoms with Crippen LogP contribution in [0, 0.1) is 0 Å². The van der Waals surface area contributed by atoms with Crippen LogP contribution in [-0.2, 0) is 6.54 Å². The van der Waals surface area contributed by atoms with E-state index in [0.717, 1.165) is 21.3 Å². The molecule has 0 unspecified atom stereocenters. The monoisotopic (exact) mass is 346 g/mol. The van der Waals surface area contributed by atoms with Gasteiger partial charge in [0.15, 0.2) is 0 Å². The molecule has 0 atom stereocenters. The molecule has 0 saturated carbocycles. The molecular weight excluding hydrogens is 340 g/mol. The topological polar surface area (TPSA) is 24.9 Å². The van der Waals surface area contributed by atoms with Gasteiger partial charge in [-0.15, -0.1) is 11.3 Å². The molecule has 2 aromatic rings. The molecule has 1 N–H and O–H groups in total. The van der Waals surface area contributed by atoms with Crippen LogP contribution in [0.4, 0.5) is 5.82 Å². The second-order valence-electron chi connectivity index (χ2n) is 2.88. The summed E-state index contributed by atoms with van der Waals surface area (Å²) in [5, 5.41) is 5.34. The van der Waals surface area contributed by atoms with Crippen LogP contribution in [0.25, 0.3) is 0 Å². The number of thiophene rings is 1. The van der Waals surface area contributed by atoms with Crippen LogP contribution in [0.3, 0.4) is 0 Å². The maximum absolute atomic E-state index is 4.24. The van der Waals surface area contributed by atoms with Gasteiger partial charge in [0.05, 0.1) is 11.0 Å². The maximum Gasteiger partial charge on any atom is 0.140 e. The molecule has 2 heterocycles. The van der Waals surface area contributed by atoms with E-state index in [9.17, 15) is 0 Å². The normalized spacial score (nSPS) is 10.3. The van der Waals surface area contributed by atoms with Gasteiger partial charge in [0, 0.05) is 15.5 Å². The Balaban J connectivity index is 2.06. The SMILES string of the molecule is Brc1cccnc1NCc1sccc1Br. The number of anilines is 1. The third-order valence-corrected chi connectivity index (χ3v) is 4.43. The van der Waals surface area contributed by atoms with E-state index in [2.05, 4.69) is 53.6 Å². The van der Waals surface area contributed by atoms with Crippen LogP contribution in [0.1, 0.15) is 4.88 Å². The lowest BCUT2D eigenvalue weighted by molar-refractivity contribution is 1.13. The smallest absolute Gasteiger partial charge is 0.140 e. The van der Waals surface area contributed by atoms with Crippen molar-refractivity contribution in [3.8, 4) is 0 Å². The highest BCUT2D eigenvalue weighted by atomic mass is 79.9. The van der Waals surface area contributed by atoms with Gasteiger partial charge in [-0.2, -0.15) is 0 Å². The van der Waals surface area contributed by atoms with Gasteiger partial charge < -0.3 is 5.32 Å². The highest BCUT2D eigenvalue weighted by Crippen LogP contribution is 2.25. The summed E-state index contributed by atoms with van der Waals surface area (Å²) in [7, 11) is 0.